The molecule has 2 aliphatic heterocycles. The molecule has 0 unspecified atom stereocenters. The highest BCUT2D eigenvalue weighted by Gasteiger charge is 2.38. The van der Waals surface area contributed by atoms with Crippen LogP contribution in [0, 0.1) is 6.92 Å². The van der Waals surface area contributed by atoms with Crippen molar-refractivity contribution in [2.24, 2.45) is 0 Å². The number of thioether (sulfide) groups is 1. The number of fused-ring (bicyclic) bond motifs is 1. The Balaban J connectivity index is 1.57. The predicted octanol–water partition coefficient (Wildman–Crippen LogP) is 5.59. The van der Waals surface area contributed by atoms with Crippen molar-refractivity contribution < 1.29 is 14.3 Å². The van der Waals surface area contributed by atoms with Gasteiger partial charge in [-0.15, -0.1) is 11.8 Å². The average molecular weight is 579 g/mol. The van der Waals surface area contributed by atoms with Crippen molar-refractivity contribution in [2.45, 2.75) is 12.2 Å². The summed E-state index contributed by atoms with van der Waals surface area (Å²) in [5.74, 6) is 0.675. The Labute approximate surface area is 240 Å². The summed E-state index contributed by atoms with van der Waals surface area (Å²) in [7, 11) is 0. The Morgan fingerprint density at radius 2 is 1.82 bits per heavy atom. The van der Waals surface area contributed by atoms with Crippen LogP contribution in [-0.2, 0) is 14.3 Å². The Morgan fingerprint density at radius 3 is 2.51 bits per heavy atom. The van der Waals surface area contributed by atoms with E-state index in [4.69, 9.17) is 21.4 Å². The van der Waals surface area contributed by atoms with E-state index in [1.165, 1.54) is 0 Å². The zero-order valence-corrected chi connectivity index (χ0v) is 23.8. The van der Waals surface area contributed by atoms with E-state index in [1.807, 2.05) is 65.5 Å². The minimum Gasteiger partial charge on any atom is -0.378 e. The number of carbonyl (C=O) groups is 2. The summed E-state index contributed by atoms with van der Waals surface area (Å²) >= 11 is 9.43. The SMILES string of the molecule is Cc1ccc(-n2nc(-c3ccc(Cl)cc3)c3c2N(CC(=O)N2CCOCC2)C(=O)CS[C@H]3c2ccsc2)cc1. The molecule has 2 amide bonds. The number of anilines is 1. The zero-order valence-electron chi connectivity index (χ0n) is 21.4. The lowest BCUT2D eigenvalue weighted by atomic mass is 10.0. The number of halogens is 1. The number of rotatable bonds is 5. The average Bonchev–Trinajstić information content (AvgIpc) is 3.60. The molecule has 0 spiro atoms. The van der Waals surface area contributed by atoms with E-state index in [9.17, 15) is 9.59 Å². The summed E-state index contributed by atoms with van der Waals surface area (Å²) in [6, 6.07) is 17.8. The lowest BCUT2D eigenvalue weighted by Crippen LogP contribution is -2.48. The molecule has 0 bridgehead atoms. The molecule has 0 aliphatic carbocycles. The Bertz CT molecular complexity index is 1480. The van der Waals surface area contributed by atoms with Crippen LogP contribution in [0.15, 0.2) is 65.4 Å². The van der Waals surface area contributed by atoms with Crippen molar-refractivity contribution in [1.82, 2.24) is 14.7 Å². The summed E-state index contributed by atoms with van der Waals surface area (Å²) in [6.07, 6.45) is 0. The van der Waals surface area contributed by atoms with Crippen LogP contribution in [0.2, 0.25) is 5.02 Å². The minimum absolute atomic E-state index is 0.0552. The van der Waals surface area contributed by atoms with Crippen molar-refractivity contribution in [2.75, 3.05) is 43.5 Å². The van der Waals surface area contributed by atoms with E-state index in [1.54, 1.807) is 32.9 Å². The monoisotopic (exact) mass is 578 g/mol. The van der Waals surface area contributed by atoms with Crippen LogP contribution >= 0.6 is 34.7 Å². The molecule has 0 radical (unpaired) electrons. The largest absolute Gasteiger partial charge is 0.378 e. The molecule has 2 aromatic heterocycles. The maximum absolute atomic E-state index is 13.8. The summed E-state index contributed by atoms with van der Waals surface area (Å²) in [4.78, 5) is 30.7. The zero-order chi connectivity index (χ0) is 26.9. The van der Waals surface area contributed by atoms with Gasteiger partial charge in [0.2, 0.25) is 11.8 Å². The lowest BCUT2D eigenvalue weighted by Gasteiger charge is -2.30. The van der Waals surface area contributed by atoms with Crippen LogP contribution in [0.25, 0.3) is 16.9 Å². The van der Waals surface area contributed by atoms with Crippen LogP contribution < -0.4 is 4.90 Å². The normalized spacial score (nSPS) is 17.7. The van der Waals surface area contributed by atoms with E-state index < -0.39 is 0 Å². The molecular formula is C29H27ClN4O3S2. The molecule has 1 saturated heterocycles. The highest BCUT2D eigenvalue weighted by Crippen LogP contribution is 2.49. The third-order valence-corrected chi connectivity index (χ3v) is 9.20. The van der Waals surface area contributed by atoms with Gasteiger partial charge in [-0.3, -0.25) is 14.5 Å². The number of benzene rings is 2. The second-order valence-electron chi connectivity index (χ2n) is 9.56. The fraction of sp³-hybridized carbons (Fsp3) is 0.276. The molecule has 200 valence electrons. The highest BCUT2D eigenvalue weighted by atomic mass is 35.5. The van der Waals surface area contributed by atoms with Crippen LogP contribution in [0.1, 0.15) is 21.9 Å². The quantitative estimate of drug-likeness (QED) is 0.309. The number of aromatic nitrogens is 2. The molecular weight excluding hydrogens is 552 g/mol. The van der Waals surface area contributed by atoms with Crippen molar-refractivity contribution in [1.29, 1.82) is 0 Å². The number of amides is 2. The van der Waals surface area contributed by atoms with Crippen LogP contribution in [0.5, 0.6) is 0 Å². The van der Waals surface area contributed by atoms with E-state index >= 15 is 0 Å². The number of aryl methyl sites for hydroxylation is 1. The predicted molar refractivity (Wildman–Crippen MR) is 157 cm³/mol. The third kappa shape index (κ3) is 5.24. The molecule has 6 rings (SSSR count). The fourth-order valence-electron chi connectivity index (χ4n) is 4.94. The van der Waals surface area contributed by atoms with E-state index in [0.717, 1.165) is 33.6 Å². The molecule has 2 aromatic carbocycles. The number of morpholine rings is 1. The van der Waals surface area contributed by atoms with Gasteiger partial charge in [0.05, 0.1) is 35.6 Å². The molecule has 0 saturated carbocycles. The van der Waals surface area contributed by atoms with Crippen LogP contribution in [-0.4, -0.2) is 65.1 Å². The van der Waals surface area contributed by atoms with Gasteiger partial charge in [-0.05, 0) is 53.6 Å². The first-order chi connectivity index (χ1) is 19.0. The second kappa shape index (κ2) is 11.2. The first-order valence-electron chi connectivity index (χ1n) is 12.7. The summed E-state index contributed by atoms with van der Waals surface area (Å²) in [5, 5.41) is 9.80. The van der Waals surface area contributed by atoms with Gasteiger partial charge in [0, 0.05) is 29.2 Å². The highest BCUT2D eigenvalue weighted by molar-refractivity contribution is 8.00. The van der Waals surface area contributed by atoms with Crippen molar-refractivity contribution in [3.8, 4) is 16.9 Å². The summed E-state index contributed by atoms with van der Waals surface area (Å²) in [5.41, 5.74) is 5.64. The number of nitrogens with zero attached hydrogens (tertiary/aromatic N) is 4. The van der Waals surface area contributed by atoms with Gasteiger partial charge in [-0.2, -0.15) is 16.4 Å². The van der Waals surface area contributed by atoms with Crippen molar-refractivity contribution in [3.05, 3.63) is 87.1 Å². The molecule has 10 heteroatoms. The Morgan fingerprint density at radius 1 is 1.08 bits per heavy atom. The maximum Gasteiger partial charge on any atom is 0.242 e. The molecule has 2 aliphatic rings. The molecule has 39 heavy (non-hydrogen) atoms. The van der Waals surface area contributed by atoms with Gasteiger partial charge in [0.1, 0.15) is 12.4 Å². The first kappa shape index (κ1) is 26.1. The number of hydrogen-bond donors (Lipinski definition) is 0. The minimum atomic E-state index is -0.136. The number of ether oxygens (including phenoxy) is 1. The smallest absolute Gasteiger partial charge is 0.242 e. The Kier molecular flexibility index (Phi) is 7.49. The molecule has 0 N–H and O–H groups in total. The molecule has 4 aromatic rings. The van der Waals surface area contributed by atoms with Gasteiger partial charge in [0.15, 0.2) is 0 Å². The van der Waals surface area contributed by atoms with Gasteiger partial charge in [-0.25, -0.2) is 4.68 Å². The van der Waals surface area contributed by atoms with Gasteiger partial charge in [0.25, 0.3) is 0 Å². The van der Waals surface area contributed by atoms with Gasteiger partial charge >= 0.3 is 0 Å². The van der Waals surface area contributed by atoms with Crippen molar-refractivity contribution in [3.63, 3.8) is 0 Å². The van der Waals surface area contributed by atoms with E-state index in [-0.39, 0.29) is 29.4 Å². The Hall–Kier alpha value is -3.11. The lowest BCUT2D eigenvalue weighted by molar-refractivity contribution is -0.134. The third-order valence-electron chi connectivity index (χ3n) is 6.99. The first-order valence-corrected chi connectivity index (χ1v) is 15.1. The maximum atomic E-state index is 13.8. The standard InChI is InChI=1S/C29H27ClN4O3S2/c1-19-2-8-23(9-3-19)34-29-26(27(31-34)20-4-6-22(30)7-5-20)28(21-10-15-38-17-21)39-18-25(36)33(29)16-24(35)32-11-13-37-14-12-32/h2-10,15,17,28H,11-14,16,18H2,1H3/t28-/m0/s1. The van der Waals surface area contributed by atoms with E-state index in [0.29, 0.717) is 37.1 Å². The number of hydrogen-bond acceptors (Lipinski definition) is 6. The number of carbonyl (C=O) groups excluding carboxylic acids is 2. The number of thiophene rings is 1. The topological polar surface area (TPSA) is 67.7 Å². The fourth-order valence-corrected chi connectivity index (χ4v) is 7.03. The summed E-state index contributed by atoms with van der Waals surface area (Å²) < 4.78 is 7.27. The van der Waals surface area contributed by atoms with Crippen LogP contribution in [0.3, 0.4) is 0 Å². The van der Waals surface area contributed by atoms with E-state index in [2.05, 4.69) is 11.4 Å². The second-order valence-corrected chi connectivity index (χ2v) is 11.9. The molecule has 1 atom stereocenters. The van der Waals surface area contributed by atoms with Gasteiger partial charge < -0.3 is 9.64 Å². The van der Waals surface area contributed by atoms with Crippen molar-refractivity contribution >= 4 is 52.3 Å². The molecule has 4 heterocycles. The summed E-state index contributed by atoms with van der Waals surface area (Å²) in [6.45, 7) is 4.03. The van der Waals surface area contributed by atoms with Crippen LogP contribution in [0.4, 0.5) is 5.82 Å². The molecule has 7 nitrogen and oxygen atoms in total. The molecule has 1 fully saturated rings. The van der Waals surface area contributed by atoms with Gasteiger partial charge in [-0.1, -0.05) is 41.4 Å².